The van der Waals surface area contributed by atoms with Crippen molar-refractivity contribution in [2.45, 2.75) is 37.7 Å². The standard InChI is InChI=1S/C23H25N3O2S/c1-6-13-26-22(18-9-11-20(28-5)12-10-18)24-25-23(26)29-17(4)21(27)19-8-7-15(2)16(3)14-19/h6-12,14,17H,1,13H2,2-5H3/t17-/m0/s1. The van der Waals surface area contributed by atoms with Crippen LogP contribution in [0.2, 0.25) is 0 Å². The molecule has 3 rings (SSSR count). The summed E-state index contributed by atoms with van der Waals surface area (Å²) >= 11 is 1.41. The summed E-state index contributed by atoms with van der Waals surface area (Å²) in [6, 6.07) is 13.5. The SMILES string of the molecule is C=CCn1c(S[C@@H](C)C(=O)c2ccc(C)c(C)c2)nnc1-c1ccc(OC)cc1. The van der Waals surface area contributed by atoms with Crippen LogP contribution in [0.15, 0.2) is 60.3 Å². The highest BCUT2D eigenvalue weighted by molar-refractivity contribution is 8.00. The third kappa shape index (κ3) is 4.59. The molecule has 0 N–H and O–H groups in total. The maximum atomic E-state index is 12.9. The van der Waals surface area contributed by atoms with Gasteiger partial charge in [0.25, 0.3) is 0 Å². The lowest BCUT2D eigenvalue weighted by molar-refractivity contribution is 0.0993. The Hall–Kier alpha value is -2.86. The fraction of sp³-hybridized carbons (Fsp3) is 0.261. The molecule has 0 spiro atoms. The molecule has 0 amide bonds. The van der Waals surface area contributed by atoms with Crippen molar-refractivity contribution < 1.29 is 9.53 Å². The number of rotatable bonds is 8. The third-order valence-electron chi connectivity index (χ3n) is 4.82. The van der Waals surface area contributed by atoms with Crippen LogP contribution in [0.1, 0.15) is 28.4 Å². The second-order valence-electron chi connectivity index (χ2n) is 6.86. The van der Waals surface area contributed by atoms with Gasteiger partial charge in [-0.25, -0.2) is 0 Å². The van der Waals surface area contributed by atoms with E-state index in [2.05, 4.69) is 16.8 Å². The van der Waals surface area contributed by atoms with Gasteiger partial charge in [-0.1, -0.05) is 30.0 Å². The quantitative estimate of drug-likeness (QED) is 0.295. The zero-order valence-corrected chi connectivity index (χ0v) is 18.0. The molecule has 0 radical (unpaired) electrons. The van der Waals surface area contributed by atoms with Crippen LogP contribution in [0.5, 0.6) is 5.75 Å². The van der Waals surface area contributed by atoms with E-state index < -0.39 is 0 Å². The van der Waals surface area contributed by atoms with Crippen molar-refractivity contribution in [3.8, 4) is 17.1 Å². The molecule has 5 nitrogen and oxygen atoms in total. The molecule has 1 heterocycles. The van der Waals surface area contributed by atoms with Crippen molar-refractivity contribution in [3.63, 3.8) is 0 Å². The lowest BCUT2D eigenvalue weighted by atomic mass is 10.0. The van der Waals surface area contributed by atoms with Gasteiger partial charge in [0.15, 0.2) is 16.8 Å². The summed E-state index contributed by atoms with van der Waals surface area (Å²) in [6.07, 6.45) is 1.80. The molecule has 29 heavy (non-hydrogen) atoms. The Morgan fingerprint density at radius 1 is 1.17 bits per heavy atom. The summed E-state index contributed by atoms with van der Waals surface area (Å²) in [6.45, 7) is 10.4. The minimum atomic E-state index is -0.284. The summed E-state index contributed by atoms with van der Waals surface area (Å²) in [5.74, 6) is 1.60. The normalized spacial score (nSPS) is 11.9. The largest absolute Gasteiger partial charge is 0.497 e. The number of aryl methyl sites for hydroxylation is 2. The number of carbonyl (C=O) groups is 1. The summed E-state index contributed by atoms with van der Waals surface area (Å²) in [5, 5.41) is 9.12. The molecule has 0 saturated carbocycles. The van der Waals surface area contributed by atoms with Crippen molar-refractivity contribution in [2.24, 2.45) is 0 Å². The number of benzene rings is 2. The van der Waals surface area contributed by atoms with E-state index in [4.69, 9.17) is 4.74 Å². The molecule has 0 unspecified atom stereocenters. The van der Waals surface area contributed by atoms with E-state index in [9.17, 15) is 4.79 Å². The lowest BCUT2D eigenvalue weighted by Gasteiger charge is -2.13. The zero-order chi connectivity index (χ0) is 21.0. The van der Waals surface area contributed by atoms with E-state index in [0.717, 1.165) is 28.3 Å². The fourth-order valence-electron chi connectivity index (χ4n) is 2.96. The van der Waals surface area contributed by atoms with Crippen LogP contribution in [-0.2, 0) is 6.54 Å². The van der Waals surface area contributed by atoms with Gasteiger partial charge in [0.05, 0.1) is 12.4 Å². The van der Waals surface area contributed by atoms with Gasteiger partial charge in [0, 0.05) is 17.7 Å². The van der Waals surface area contributed by atoms with Gasteiger partial charge >= 0.3 is 0 Å². The number of thioether (sulfide) groups is 1. The topological polar surface area (TPSA) is 57.0 Å². The summed E-state index contributed by atoms with van der Waals surface area (Å²) in [5.41, 5.74) is 3.94. The minimum absolute atomic E-state index is 0.0808. The predicted molar refractivity (Wildman–Crippen MR) is 118 cm³/mol. The first kappa shape index (κ1) is 20.9. The summed E-state index contributed by atoms with van der Waals surface area (Å²) < 4.78 is 7.20. The van der Waals surface area contributed by atoms with Gasteiger partial charge in [-0.15, -0.1) is 16.8 Å². The van der Waals surface area contributed by atoms with Gasteiger partial charge in [-0.05, 0) is 62.2 Å². The van der Waals surface area contributed by atoms with E-state index in [1.54, 1.807) is 13.2 Å². The first-order chi connectivity index (χ1) is 13.9. The maximum Gasteiger partial charge on any atom is 0.192 e. The number of hydrogen-bond acceptors (Lipinski definition) is 5. The molecule has 0 saturated heterocycles. The number of ether oxygens (including phenoxy) is 1. The number of carbonyl (C=O) groups excluding carboxylic acids is 1. The van der Waals surface area contributed by atoms with E-state index in [1.807, 2.05) is 67.8 Å². The van der Waals surface area contributed by atoms with Crippen LogP contribution in [-0.4, -0.2) is 32.9 Å². The predicted octanol–water partition coefficient (Wildman–Crippen LogP) is 5.12. The van der Waals surface area contributed by atoms with Crippen molar-refractivity contribution in [1.82, 2.24) is 14.8 Å². The van der Waals surface area contributed by atoms with Crippen LogP contribution in [0.4, 0.5) is 0 Å². The van der Waals surface area contributed by atoms with Crippen LogP contribution in [0, 0.1) is 13.8 Å². The molecule has 0 aliphatic heterocycles. The molecule has 0 fully saturated rings. The van der Waals surface area contributed by atoms with Crippen LogP contribution in [0.25, 0.3) is 11.4 Å². The van der Waals surface area contributed by atoms with E-state index in [1.165, 1.54) is 17.3 Å². The number of nitrogens with zero attached hydrogens (tertiary/aromatic N) is 3. The first-order valence-corrected chi connectivity index (χ1v) is 10.3. The maximum absolute atomic E-state index is 12.9. The Labute approximate surface area is 175 Å². The molecule has 150 valence electrons. The Morgan fingerprint density at radius 2 is 1.90 bits per heavy atom. The van der Waals surface area contributed by atoms with Crippen molar-refractivity contribution in [2.75, 3.05) is 7.11 Å². The van der Waals surface area contributed by atoms with Crippen molar-refractivity contribution in [3.05, 3.63) is 71.8 Å². The molecule has 0 bridgehead atoms. The van der Waals surface area contributed by atoms with Gasteiger partial charge in [0.2, 0.25) is 0 Å². The van der Waals surface area contributed by atoms with Crippen LogP contribution < -0.4 is 4.74 Å². The molecule has 0 aliphatic rings. The highest BCUT2D eigenvalue weighted by atomic mass is 32.2. The van der Waals surface area contributed by atoms with E-state index >= 15 is 0 Å². The zero-order valence-electron chi connectivity index (χ0n) is 17.2. The summed E-state index contributed by atoms with van der Waals surface area (Å²) in [7, 11) is 1.64. The van der Waals surface area contributed by atoms with Crippen molar-refractivity contribution >= 4 is 17.5 Å². The van der Waals surface area contributed by atoms with Gasteiger partial charge < -0.3 is 4.74 Å². The third-order valence-corrected chi connectivity index (χ3v) is 5.90. The summed E-state index contributed by atoms with van der Waals surface area (Å²) in [4.78, 5) is 12.9. The minimum Gasteiger partial charge on any atom is -0.497 e. The molecule has 2 aromatic carbocycles. The average Bonchev–Trinajstić information content (AvgIpc) is 3.12. The van der Waals surface area contributed by atoms with Gasteiger partial charge in [0.1, 0.15) is 5.75 Å². The van der Waals surface area contributed by atoms with E-state index in [0.29, 0.717) is 11.7 Å². The van der Waals surface area contributed by atoms with Crippen LogP contribution >= 0.6 is 11.8 Å². The molecular formula is C23H25N3O2S. The van der Waals surface area contributed by atoms with Gasteiger partial charge in [-0.2, -0.15) is 0 Å². The Bertz CT molecular complexity index is 1030. The average molecular weight is 408 g/mol. The molecule has 6 heteroatoms. The Kier molecular flexibility index (Phi) is 6.54. The van der Waals surface area contributed by atoms with E-state index in [-0.39, 0.29) is 11.0 Å². The van der Waals surface area contributed by atoms with Crippen LogP contribution in [0.3, 0.4) is 0 Å². The number of ketones is 1. The Balaban J connectivity index is 1.86. The first-order valence-electron chi connectivity index (χ1n) is 9.41. The number of Topliss-reactive ketones (excluding diaryl/α,β-unsaturated/α-hetero) is 1. The monoisotopic (exact) mass is 407 g/mol. The number of hydrogen-bond donors (Lipinski definition) is 0. The van der Waals surface area contributed by atoms with Gasteiger partial charge in [-0.3, -0.25) is 9.36 Å². The Morgan fingerprint density at radius 3 is 2.52 bits per heavy atom. The second-order valence-corrected chi connectivity index (χ2v) is 8.17. The number of methoxy groups -OCH3 is 1. The molecule has 1 aromatic heterocycles. The highest BCUT2D eigenvalue weighted by Crippen LogP contribution is 2.29. The molecule has 0 aliphatic carbocycles. The number of allylic oxidation sites excluding steroid dienone is 1. The molecule has 1 atom stereocenters. The molecule has 3 aromatic rings. The highest BCUT2D eigenvalue weighted by Gasteiger charge is 2.22. The van der Waals surface area contributed by atoms with Crippen molar-refractivity contribution in [1.29, 1.82) is 0 Å². The lowest BCUT2D eigenvalue weighted by Crippen LogP contribution is -2.15. The smallest absolute Gasteiger partial charge is 0.192 e. The number of aromatic nitrogens is 3. The fourth-order valence-corrected chi connectivity index (χ4v) is 3.90. The second kappa shape index (κ2) is 9.09. The molecular weight excluding hydrogens is 382 g/mol.